The van der Waals surface area contributed by atoms with Gasteiger partial charge in [0.25, 0.3) is 0 Å². The van der Waals surface area contributed by atoms with Crippen molar-refractivity contribution in [2.45, 2.75) is 38.5 Å². The summed E-state index contributed by atoms with van der Waals surface area (Å²) in [4.78, 5) is 0. The van der Waals surface area contributed by atoms with Gasteiger partial charge in [0.2, 0.25) is 0 Å². The molecule has 0 saturated carbocycles. The van der Waals surface area contributed by atoms with Crippen LogP contribution in [0.15, 0.2) is 109 Å². The Bertz CT molecular complexity index is 2100. The molecule has 0 unspecified atom stereocenters. The fraction of sp³-hybridized carbons (Fsp3) is 0.150. The summed E-state index contributed by atoms with van der Waals surface area (Å²) in [5.74, 6) is 0. The van der Waals surface area contributed by atoms with E-state index < -0.39 is 0 Å². The molecule has 0 saturated heterocycles. The number of hydrogen-bond donors (Lipinski definition) is 0. The van der Waals surface area contributed by atoms with E-state index in [4.69, 9.17) is 0 Å². The van der Waals surface area contributed by atoms with Crippen LogP contribution in [0, 0.1) is 0 Å². The second-order valence-electron chi connectivity index (χ2n) is 12.9. The van der Waals surface area contributed by atoms with Crippen LogP contribution in [0.4, 0.5) is 0 Å². The minimum absolute atomic E-state index is 0.117. The highest BCUT2D eigenvalue weighted by atomic mass is 14.4. The van der Waals surface area contributed by atoms with Crippen molar-refractivity contribution >= 4 is 43.1 Å². The Kier molecular flexibility index (Phi) is 4.03. The van der Waals surface area contributed by atoms with Crippen molar-refractivity contribution in [2.24, 2.45) is 0 Å². The second kappa shape index (κ2) is 7.20. The maximum Gasteiger partial charge on any atom is 0.0159 e. The zero-order valence-electron chi connectivity index (χ0n) is 23.4. The number of hydrogen-bond acceptors (Lipinski definition) is 0. The topological polar surface area (TPSA) is 0 Å². The zero-order chi connectivity index (χ0) is 27.0. The van der Waals surface area contributed by atoms with Gasteiger partial charge in [-0.3, -0.25) is 0 Å². The fourth-order valence-electron chi connectivity index (χ4n) is 8.29. The van der Waals surface area contributed by atoms with Crippen molar-refractivity contribution in [1.82, 2.24) is 0 Å². The van der Waals surface area contributed by atoms with Crippen LogP contribution in [-0.4, -0.2) is 0 Å². The molecule has 2 aliphatic rings. The van der Waals surface area contributed by atoms with Gasteiger partial charge in [-0.05, 0) is 87.6 Å². The molecule has 0 heteroatoms. The molecule has 7 aromatic carbocycles. The standard InChI is InChI=1S/C40H30/c1-39(2)29-19-17-23-11-5-7-13-25(23)33(29)35-27-15-9-10-16-28(27)36-34-26-14-8-6-12-24(26)18-20-30(34)40(3,4)32-22-21-31(39)37(35)38(32)36/h5-22H,1-4H3. The van der Waals surface area contributed by atoms with E-state index in [2.05, 4.69) is 137 Å². The Morgan fingerprint density at radius 2 is 0.675 bits per heavy atom. The number of rotatable bonds is 0. The first-order chi connectivity index (χ1) is 19.4. The van der Waals surface area contributed by atoms with Crippen molar-refractivity contribution in [1.29, 1.82) is 0 Å². The summed E-state index contributed by atoms with van der Waals surface area (Å²) in [5.41, 5.74) is 11.1. The highest BCUT2D eigenvalue weighted by molar-refractivity contribution is 6.29. The van der Waals surface area contributed by atoms with Gasteiger partial charge in [-0.15, -0.1) is 0 Å². The molecule has 0 atom stereocenters. The minimum Gasteiger partial charge on any atom is -0.0616 e. The molecule has 0 radical (unpaired) electrons. The molecule has 0 N–H and O–H groups in total. The normalized spacial score (nSPS) is 15.9. The van der Waals surface area contributed by atoms with Crippen molar-refractivity contribution in [3.8, 4) is 22.3 Å². The molecule has 40 heavy (non-hydrogen) atoms. The molecule has 0 fully saturated rings. The van der Waals surface area contributed by atoms with Crippen LogP contribution < -0.4 is 0 Å². The maximum absolute atomic E-state index is 2.45. The lowest BCUT2D eigenvalue weighted by Crippen LogP contribution is -2.28. The van der Waals surface area contributed by atoms with Gasteiger partial charge in [-0.2, -0.15) is 0 Å². The zero-order valence-corrected chi connectivity index (χ0v) is 23.4. The number of fused-ring (bicyclic) bond motifs is 11. The second-order valence-corrected chi connectivity index (χ2v) is 12.9. The molecule has 0 nitrogen and oxygen atoms in total. The Hall–Kier alpha value is -4.42. The molecule has 0 aromatic heterocycles. The van der Waals surface area contributed by atoms with E-state index in [1.165, 1.54) is 87.6 Å². The van der Waals surface area contributed by atoms with Gasteiger partial charge in [0.1, 0.15) is 0 Å². The summed E-state index contributed by atoms with van der Waals surface area (Å²) in [6.45, 7) is 9.69. The molecule has 0 spiro atoms. The molecule has 7 aromatic rings. The third-order valence-electron chi connectivity index (χ3n) is 10.2. The third kappa shape index (κ3) is 2.49. The highest BCUT2D eigenvalue weighted by Crippen LogP contribution is 2.60. The first kappa shape index (κ1) is 22.4. The Morgan fingerprint density at radius 1 is 0.325 bits per heavy atom. The molecule has 2 aliphatic carbocycles. The first-order valence-corrected chi connectivity index (χ1v) is 14.5. The predicted octanol–water partition coefficient (Wildman–Crippen LogP) is 10.9. The van der Waals surface area contributed by atoms with E-state index in [1.54, 1.807) is 0 Å². The molecular formula is C40H30. The van der Waals surface area contributed by atoms with Gasteiger partial charge in [-0.25, -0.2) is 0 Å². The summed E-state index contributed by atoms with van der Waals surface area (Å²) in [7, 11) is 0. The maximum atomic E-state index is 2.45. The lowest BCUT2D eigenvalue weighted by molar-refractivity contribution is 0.634. The molecule has 0 amide bonds. The lowest BCUT2D eigenvalue weighted by Gasteiger charge is -2.42. The van der Waals surface area contributed by atoms with Gasteiger partial charge >= 0.3 is 0 Å². The van der Waals surface area contributed by atoms with E-state index in [0.29, 0.717) is 0 Å². The first-order valence-electron chi connectivity index (χ1n) is 14.5. The van der Waals surface area contributed by atoms with E-state index in [1.807, 2.05) is 0 Å². The summed E-state index contributed by atoms with van der Waals surface area (Å²) in [5, 5.41) is 10.9. The Labute approximate surface area is 234 Å². The highest BCUT2D eigenvalue weighted by Gasteiger charge is 2.41. The van der Waals surface area contributed by atoms with Gasteiger partial charge in [0.05, 0.1) is 0 Å². The van der Waals surface area contributed by atoms with Gasteiger partial charge in [0.15, 0.2) is 0 Å². The van der Waals surface area contributed by atoms with Crippen LogP contribution in [0.25, 0.3) is 65.3 Å². The van der Waals surface area contributed by atoms with E-state index >= 15 is 0 Å². The fourth-order valence-corrected chi connectivity index (χ4v) is 8.29. The van der Waals surface area contributed by atoms with E-state index in [9.17, 15) is 0 Å². The Morgan fingerprint density at radius 3 is 1.10 bits per heavy atom. The van der Waals surface area contributed by atoms with Crippen molar-refractivity contribution in [3.63, 3.8) is 0 Å². The predicted molar refractivity (Wildman–Crippen MR) is 172 cm³/mol. The third-order valence-corrected chi connectivity index (χ3v) is 10.2. The van der Waals surface area contributed by atoms with Crippen molar-refractivity contribution < 1.29 is 0 Å². The van der Waals surface area contributed by atoms with Gasteiger partial charge in [-0.1, -0.05) is 137 Å². The summed E-state index contributed by atoms with van der Waals surface area (Å²) < 4.78 is 0. The summed E-state index contributed by atoms with van der Waals surface area (Å²) >= 11 is 0. The summed E-state index contributed by atoms with van der Waals surface area (Å²) in [6.07, 6.45) is 0. The average Bonchev–Trinajstić information content (AvgIpc) is 2.97. The van der Waals surface area contributed by atoms with E-state index in [-0.39, 0.29) is 10.8 Å². The van der Waals surface area contributed by atoms with Crippen molar-refractivity contribution in [3.05, 3.63) is 131 Å². The minimum atomic E-state index is -0.117. The quantitative estimate of drug-likeness (QED) is 0.178. The van der Waals surface area contributed by atoms with Crippen LogP contribution in [0.3, 0.4) is 0 Å². The summed E-state index contributed by atoms with van der Waals surface area (Å²) in [6, 6.07) is 41.4. The monoisotopic (exact) mass is 510 g/mol. The van der Waals surface area contributed by atoms with Gasteiger partial charge in [0, 0.05) is 10.8 Å². The van der Waals surface area contributed by atoms with Crippen LogP contribution in [0.2, 0.25) is 0 Å². The molecular weight excluding hydrogens is 480 g/mol. The average molecular weight is 511 g/mol. The number of benzene rings is 7. The van der Waals surface area contributed by atoms with Gasteiger partial charge < -0.3 is 0 Å². The lowest BCUT2D eigenvalue weighted by atomic mass is 9.61. The molecule has 0 bridgehead atoms. The molecule has 0 heterocycles. The smallest absolute Gasteiger partial charge is 0.0159 e. The molecule has 190 valence electrons. The Balaban J connectivity index is 1.63. The molecule has 0 aliphatic heterocycles. The van der Waals surface area contributed by atoms with Crippen LogP contribution in [0.1, 0.15) is 49.9 Å². The van der Waals surface area contributed by atoms with Crippen molar-refractivity contribution in [2.75, 3.05) is 0 Å². The van der Waals surface area contributed by atoms with Crippen LogP contribution >= 0.6 is 0 Å². The van der Waals surface area contributed by atoms with Crippen LogP contribution in [-0.2, 0) is 10.8 Å². The molecule has 9 rings (SSSR count). The van der Waals surface area contributed by atoms with Crippen LogP contribution in [0.5, 0.6) is 0 Å². The SMILES string of the molecule is CC1(C)c2ccc3ccccc3c2-c2c3ccccc3c3c4c(ccc1c24)C(C)(C)c1ccc2ccccc2c1-3. The van der Waals surface area contributed by atoms with E-state index in [0.717, 1.165) is 0 Å². The largest absolute Gasteiger partial charge is 0.0616 e.